The van der Waals surface area contributed by atoms with Gasteiger partial charge >= 0.3 is 0 Å². The predicted octanol–water partition coefficient (Wildman–Crippen LogP) is 1.49. The van der Waals surface area contributed by atoms with Crippen LogP contribution in [-0.4, -0.2) is 17.0 Å². The molecule has 4 nitrogen and oxygen atoms in total. The van der Waals surface area contributed by atoms with Crippen LogP contribution in [0, 0.1) is 0 Å². The normalized spacial score (nSPS) is 10.5. The molecule has 0 amide bonds. The molecule has 2 aromatic rings. The number of pyridine rings is 2. The molecule has 0 aromatic carbocycles. The molecule has 0 fully saturated rings. The van der Waals surface area contributed by atoms with Gasteiger partial charge in [-0.2, -0.15) is 0 Å². The van der Waals surface area contributed by atoms with Crippen LogP contribution in [0.3, 0.4) is 0 Å². The highest BCUT2D eigenvalue weighted by molar-refractivity contribution is 5.12. The number of rotatable bonds is 6. The molecule has 0 aliphatic rings. The van der Waals surface area contributed by atoms with Crippen LogP contribution in [0.1, 0.15) is 17.0 Å². The van der Waals surface area contributed by atoms with E-state index in [9.17, 15) is 0 Å². The Hall–Kier alpha value is -1.78. The van der Waals surface area contributed by atoms with Gasteiger partial charge in [0.1, 0.15) is 0 Å². The second-order valence-corrected chi connectivity index (χ2v) is 4.12. The van der Waals surface area contributed by atoms with Crippen molar-refractivity contribution in [1.82, 2.24) is 20.6 Å². The molecule has 0 aliphatic heterocycles. The van der Waals surface area contributed by atoms with E-state index in [-0.39, 0.29) is 0 Å². The molecular formula is C14H18N4. The minimum atomic E-state index is 0.770. The molecule has 2 N–H and O–H groups in total. The average Bonchev–Trinajstić information content (AvgIpc) is 2.41. The van der Waals surface area contributed by atoms with E-state index in [2.05, 4.69) is 26.7 Å². The molecule has 94 valence electrons. The van der Waals surface area contributed by atoms with Gasteiger partial charge in [0.05, 0.1) is 11.4 Å². The monoisotopic (exact) mass is 242 g/mol. The molecule has 0 unspecified atom stereocenters. The van der Waals surface area contributed by atoms with E-state index in [4.69, 9.17) is 0 Å². The van der Waals surface area contributed by atoms with E-state index >= 15 is 0 Å². The van der Waals surface area contributed by atoms with Gasteiger partial charge in [-0.1, -0.05) is 12.1 Å². The largest absolute Gasteiger partial charge is 0.314 e. The Morgan fingerprint density at radius 1 is 1.00 bits per heavy atom. The Labute approximate surface area is 107 Å². The van der Waals surface area contributed by atoms with Crippen LogP contribution in [-0.2, 0) is 19.6 Å². The van der Waals surface area contributed by atoms with Crippen molar-refractivity contribution >= 4 is 0 Å². The highest BCUT2D eigenvalue weighted by atomic mass is 14.9. The second kappa shape index (κ2) is 6.83. The average molecular weight is 242 g/mol. The maximum atomic E-state index is 4.55. The Bertz CT molecular complexity index is 470. The van der Waals surface area contributed by atoms with Crippen molar-refractivity contribution in [2.24, 2.45) is 0 Å². The Morgan fingerprint density at radius 2 is 1.83 bits per heavy atom. The van der Waals surface area contributed by atoms with Gasteiger partial charge in [-0.15, -0.1) is 0 Å². The minimum absolute atomic E-state index is 0.770. The molecule has 0 radical (unpaired) electrons. The van der Waals surface area contributed by atoms with Gasteiger partial charge in [0, 0.05) is 32.0 Å². The van der Waals surface area contributed by atoms with Crippen molar-refractivity contribution in [1.29, 1.82) is 0 Å². The van der Waals surface area contributed by atoms with Crippen LogP contribution in [0.25, 0.3) is 0 Å². The molecular weight excluding hydrogens is 224 g/mol. The summed E-state index contributed by atoms with van der Waals surface area (Å²) in [4.78, 5) is 8.64. The second-order valence-electron chi connectivity index (χ2n) is 4.12. The first-order valence-corrected chi connectivity index (χ1v) is 6.07. The van der Waals surface area contributed by atoms with Crippen molar-refractivity contribution in [3.8, 4) is 0 Å². The molecule has 0 saturated carbocycles. The van der Waals surface area contributed by atoms with Crippen LogP contribution >= 0.6 is 0 Å². The predicted molar refractivity (Wildman–Crippen MR) is 71.8 cm³/mol. The fourth-order valence-corrected chi connectivity index (χ4v) is 1.74. The molecule has 0 aliphatic carbocycles. The SMILES string of the molecule is CNCc1cccc(CNCc2cccnc2)n1. The maximum Gasteiger partial charge on any atom is 0.0545 e. The summed E-state index contributed by atoms with van der Waals surface area (Å²) in [5, 5.41) is 6.47. The third-order valence-electron chi connectivity index (χ3n) is 2.58. The number of nitrogens with zero attached hydrogens (tertiary/aromatic N) is 2. The number of hydrogen-bond donors (Lipinski definition) is 2. The van der Waals surface area contributed by atoms with Gasteiger partial charge in [-0.25, -0.2) is 0 Å². The summed E-state index contributed by atoms with van der Waals surface area (Å²) in [6.45, 7) is 2.38. The van der Waals surface area contributed by atoms with Crippen LogP contribution in [0.15, 0.2) is 42.7 Å². The van der Waals surface area contributed by atoms with Crippen molar-refractivity contribution in [3.63, 3.8) is 0 Å². The lowest BCUT2D eigenvalue weighted by molar-refractivity contribution is 0.671. The van der Waals surface area contributed by atoms with Gasteiger partial charge in [-0.3, -0.25) is 9.97 Å². The summed E-state index contributed by atoms with van der Waals surface area (Å²) < 4.78 is 0. The summed E-state index contributed by atoms with van der Waals surface area (Å²) in [5.74, 6) is 0. The molecule has 2 rings (SSSR count). The third kappa shape index (κ3) is 3.91. The molecule has 4 heteroatoms. The molecule has 18 heavy (non-hydrogen) atoms. The molecule has 0 spiro atoms. The van der Waals surface area contributed by atoms with E-state index in [1.165, 1.54) is 5.56 Å². The smallest absolute Gasteiger partial charge is 0.0545 e. The van der Waals surface area contributed by atoms with Gasteiger partial charge in [0.2, 0.25) is 0 Å². The standard InChI is InChI=1S/C14H18N4/c1-15-10-13-5-2-6-14(18-13)11-17-9-12-4-3-7-16-8-12/h2-8,15,17H,9-11H2,1H3. The molecule has 0 saturated heterocycles. The zero-order valence-electron chi connectivity index (χ0n) is 10.6. The van der Waals surface area contributed by atoms with E-state index in [0.717, 1.165) is 31.0 Å². The first-order valence-electron chi connectivity index (χ1n) is 6.07. The highest BCUT2D eigenvalue weighted by Crippen LogP contribution is 2.00. The van der Waals surface area contributed by atoms with E-state index in [0.29, 0.717) is 0 Å². The summed E-state index contributed by atoms with van der Waals surface area (Å²) >= 11 is 0. The molecule has 2 aromatic heterocycles. The Balaban J connectivity index is 1.84. The lowest BCUT2D eigenvalue weighted by Crippen LogP contribution is -2.15. The van der Waals surface area contributed by atoms with Crippen molar-refractivity contribution in [2.75, 3.05) is 7.05 Å². The van der Waals surface area contributed by atoms with Gasteiger partial charge in [0.15, 0.2) is 0 Å². The van der Waals surface area contributed by atoms with Gasteiger partial charge < -0.3 is 10.6 Å². The first kappa shape index (κ1) is 12.7. The Morgan fingerprint density at radius 3 is 2.56 bits per heavy atom. The fraction of sp³-hybridized carbons (Fsp3) is 0.286. The summed E-state index contributed by atoms with van der Waals surface area (Å²) in [6, 6.07) is 10.1. The van der Waals surface area contributed by atoms with Crippen LogP contribution in [0.5, 0.6) is 0 Å². The fourth-order valence-electron chi connectivity index (χ4n) is 1.74. The lowest BCUT2D eigenvalue weighted by atomic mass is 10.2. The number of hydrogen-bond acceptors (Lipinski definition) is 4. The minimum Gasteiger partial charge on any atom is -0.314 e. The van der Waals surface area contributed by atoms with E-state index in [1.54, 1.807) is 6.20 Å². The molecule has 0 atom stereocenters. The quantitative estimate of drug-likeness (QED) is 0.805. The van der Waals surface area contributed by atoms with Crippen LogP contribution < -0.4 is 10.6 Å². The topological polar surface area (TPSA) is 49.8 Å². The van der Waals surface area contributed by atoms with E-state index < -0.39 is 0 Å². The third-order valence-corrected chi connectivity index (χ3v) is 2.58. The van der Waals surface area contributed by atoms with Crippen molar-refractivity contribution in [3.05, 3.63) is 59.7 Å². The van der Waals surface area contributed by atoms with Gasteiger partial charge in [0.25, 0.3) is 0 Å². The van der Waals surface area contributed by atoms with E-state index in [1.807, 2.05) is 37.5 Å². The zero-order valence-corrected chi connectivity index (χ0v) is 10.6. The van der Waals surface area contributed by atoms with Crippen LogP contribution in [0.2, 0.25) is 0 Å². The number of nitrogens with one attached hydrogen (secondary N) is 2. The first-order chi connectivity index (χ1) is 8.88. The summed E-state index contributed by atoms with van der Waals surface area (Å²) in [6.07, 6.45) is 3.66. The Kier molecular flexibility index (Phi) is 4.81. The summed E-state index contributed by atoms with van der Waals surface area (Å²) in [7, 11) is 1.93. The molecule has 2 heterocycles. The molecule has 0 bridgehead atoms. The number of aromatic nitrogens is 2. The van der Waals surface area contributed by atoms with Gasteiger partial charge in [-0.05, 0) is 30.8 Å². The van der Waals surface area contributed by atoms with Crippen molar-refractivity contribution in [2.45, 2.75) is 19.6 Å². The van der Waals surface area contributed by atoms with Crippen LogP contribution in [0.4, 0.5) is 0 Å². The highest BCUT2D eigenvalue weighted by Gasteiger charge is 1.97. The maximum absolute atomic E-state index is 4.55. The summed E-state index contributed by atoms with van der Waals surface area (Å²) in [5.41, 5.74) is 3.31. The lowest BCUT2D eigenvalue weighted by Gasteiger charge is -2.06. The zero-order chi connectivity index (χ0) is 12.6. The van der Waals surface area contributed by atoms with Crippen molar-refractivity contribution < 1.29 is 0 Å².